The molecule has 1 amide bonds. The highest BCUT2D eigenvalue weighted by Crippen LogP contribution is 1.97. The number of fused-ring (bicyclic) bond motifs is 1. The first-order valence-corrected chi connectivity index (χ1v) is 6.46. The Balaban J connectivity index is 2.11. The number of carbonyl (C=O) groups is 1. The van der Waals surface area contributed by atoms with Gasteiger partial charge >= 0.3 is 0 Å². The molecule has 0 saturated heterocycles. The van der Waals surface area contributed by atoms with Crippen LogP contribution in [0.5, 0.6) is 0 Å². The molecule has 0 unspecified atom stereocenters. The van der Waals surface area contributed by atoms with Gasteiger partial charge < -0.3 is 10.1 Å². The Hall–Kier alpha value is -2.21. The second-order valence-corrected chi connectivity index (χ2v) is 4.58. The number of hydrogen-bond donors (Lipinski definition) is 1. The summed E-state index contributed by atoms with van der Waals surface area (Å²) in [7, 11) is 0. The van der Waals surface area contributed by atoms with Gasteiger partial charge in [0.25, 0.3) is 11.5 Å². The molecular formula is C14H17N3O3. The van der Waals surface area contributed by atoms with Crippen molar-refractivity contribution < 1.29 is 9.53 Å². The largest absolute Gasteiger partial charge is 0.377 e. The van der Waals surface area contributed by atoms with Crippen LogP contribution < -0.4 is 10.9 Å². The van der Waals surface area contributed by atoms with Gasteiger partial charge in [-0.05, 0) is 26.0 Å². The number of rotatable bonds is 5. The number of aromatic nitrogens is 2. The fourth-order valence-electron chi connectivity index (χ4n) is 1.74. The third-order valence-corrected chi connectivity index (χ3v) is 2.70. The average molecular weight is 275 g/mol. The molecule has 20 heavy (non-hydrogen) atoms. The van der Waals surface area contributed by atoms with Crippen LogP contribution in [0.1, 0.15) is 24.2 Å². The van der Waals surface area contributed by atoms with Gasteiger partial charge in [-0.15, -0.1) is 0 Å². The normalized spacial score (nSPS) is 10.9. The molecular weight excluding hydrogens is 258 g/mol. The zero-order chi connectivity index (χ0) is 14.5. The van der Waals surface area contributed by atoms with Crippen molar-refractivity contribution in [2.45, 2.75) is 20.0 Å². The summed E-state index contributed by atoms with van der Waals surface area (Å²) in [6, 6.07) is 5.21. The summed E-state index contributed by atoms with van der Waals surface area (Å²) in [5.41, 5.74) is 0.160. The van der Waals surface area contributed by atoms with Crippen LogP contribution in [0, 0.1) is 0 Å². The quantitative estimate of drug-likeness (QED) is 0.821. The van der Waals surface area contributed by atoms with Gasteiger partial charge in [-0.3, -0.25) is 14.0 Å². The number of nitrogens with one attached hydrogen (secondary N) is 1. The molecule has 0 saturated carbocycles. The summed E-state index contributed by atoms with van der Waals surface area (Å²) >= 11 is 0. The van der Waals surface area contributed by atoms with Gasteiger partial charge in [-0.25, -0.2) is 4.98 Å². The molecule has 0 aliphatic heterocycles. The second-order valence-electron chi connectivity index (χ2n) is 4.58. The summed E-state index contributed by atoms with van der Waals surface area (Å²) in [4.78, 5) is 28.2. The molecule has 2 rings (SSSR count). The Kier molecular flexibility index (Phi) is 4.47. The number of nitrogens with zero attached hydrogens (tertiary/aromatic N) is 2. The molecule has 0 atom stereocenters. The van der Waals surface area contributed by atoms with Crippen LogP contribution >= 0.6 is 0 Å². The fourth-order valence-corrected chi connectivity index (χ4v) is 1.74. The van der Waals surface area contributed by atoms with E-state index in [0.717, 1.165) is 0 Å². The van der Waals surface area contributed by atoms with Gasteiger partial charge in [-0.2, -0.15) is 0 Å². The van der Waals surface area contributed by atoms with Crippen LogP contribution in [0.15, 0.2) is 35.4 Å². The third kappa shape index (κ3) is 3.21. The van der Waals surface area contributed by atoms with Crippen molar-refractivity contribution in [2.75, 3.05) is 13.2 Å². The van der Waals surface area contributed by atoms with Gasteiger partial charge in [0.1, 0.15) is 11.2 Å². The Labute approximate surface area is 116 Å². The molecule has 0 bridgehead atoms. The number of hydrogen-bond acceptors (Lipinski definition) is 4. The van der Waals surface area contributed by atoms with E-state index in [4.69, 9.17) is 4.74 Å². The predicted molar refractivity (Wildman–Crippen MR) is 74.9 cm³/mol. The van der Waals surface area contributed by atoms with Crippen molar-refractivity contribution in [2.24, 2.45) is 0 Å². The lowest BCUT2D eigenvalue weighted by atomic mass is 10.3. The van der Waals surface area contributed by atoms with E-state index in [9.17, 15) is 9.59 Å². The molecule has 0 radical (unpaired) electrons. The minimum atomic E-state index is -0.437. The summed E-state index contributed by atoms with van der Waals surface area (Å²) in [5, 5.41) is 2.64. The zero-order valence-electron chi connectivity index (χ0n) is 11.5. The standard InChI is InChI=1S/C14H17N3O3/c1-10(2)20-8-6-15-13(18)11-9-16-12-5-3-4-7-17(12)14(11)19/h3-5,7,9-10H,6,8H2,1-2H3,(H,15,18). The van der Waals surface area contributed by atoms with E-state index in [-0.39, 0.29) is 17.2 Å². The molecule has 0 aliphatic carbocycles. The van der Waals surface area contributed by atoms with Crippen molar-refractivity contribution in [3.05, 3.63) is 46.5 Å². The fraction of sp³-hybridized carbons (Fsp3) is 0.357. The maximum absolute atomic E-state index is 12.1. The smallest absolute Gasteiger partial charge is 0.270 e. The molecule has 0 fully saturated rings. The molecule has 6 heteroatoms. The molecule has 2 heterocycles. The lowest BCUT2D eigenvalue weighted by Gasteiger charge is -2.08. The average Bonchev–Trinajstić information content (AvgIpc) is 2.44. The summed E-state index contributed by atoms with van der Waals surface area (Å²) in [5.74, 6) is -0.437. The number of pyridine rings is 1. The van der Waals surface area contributed by atoms with Crippen LogP contribution in [0.2, 0.25) is 0 Å². The summed E-state index contributed by atoms with van der Waals surface area (Å²) in [6.45, 7) is 4.60. The maximum atomic E-state index is 12.1. The van der Waals surface area contributed by atoms with Crippen molar-refractivity contribution in [1.29, 1.82) is 0 Å². The minimum absolute atomic E-state index is 0.0262. The van der Waals surface area contributed by atoms with E-state index in [2.05, 4.69) is 10.3 Å². The van der Waals surface area contributed by atoms with Gasteiger partial charge in [0.05, 0.1) is 12.7 Å². The Bertz CT molecular complexity index is 664. The second kappa shape index (κ2) is 6.29. The maximum Gasteiger partial charge on any atom is 0.270 e. The number of amides is 1. The van der Waals surface area contributed by atoms with Crippen LogP contribution in [-0.2, 0) is 4.74 Å². The van der Waals surface area contributed by atoms with E-state index in [0.29, 0.717) is 18.8 Å². The van der Waals surface area contributed by atoms with Crippen molar-refractivity contribution in [3.8, 4) is 0 Å². The SMILES string of the molecule is CC(C)OCCNC(=O)c1cnc2ccccn2c1=O. The van der Waals surface area contributed by atoms with Crippen molar-refractivity contribution >= 4 is 11.6 Å². The highest BCUT2D eigenvalue weighted by atomic mass is 16.5. The van der Waals surface area contributed by atoms with Gasteiger partial charge in [0.2, 0.25) is 0 Å². The molecule has 2 aromatic rings. The Morgan fingerprint density at radius 2 is 2.25 bits per heavy atom. The van der Waals surface area contributed by atoms with Gasteiger partial charge in [0.15, 0.2) is 0 Å². The molecule has 2 aromatic heterocycles. The first-order valence-electron chi connectivity index (χ1n) is 6.46. The van der Waals surface area contributed by atoms with Crippen LogP contribution in [0.4, 0.5) is 0 Å². The van der Waals surface area contributed by atoms with Gasteiger partial charge in [-0.1, -0.05) is 6.07 Å². The minimum Gasteiger partial charge on any atom is -0.377 e. The topological polar surface area (TPSA) is 72.7 Å². The van der Waals surface area contributed by atoms with Gasteiger partial charge in [0, 0.05) is 18.9 Å². The zero-order valence-corrected chi connectivity index (χ0v) is 11.5. The van der Waals surface area contributed by atoms with Crippen LogP contribution in [-0.4, -0.2) is 34.5 Å². The highest BCUT2D eigenvalue weighted by Gasteiger charge is 2.12. The first-order chi connectivity index (χ1) is 9.59. The molecule has 0 aliphatic rings. The molecule has 106 valence electrons. The monoisotopic (exact) mass is 275 g/mol. The predicted octanol–water partition coefficient (Wildman–Crippen LogP) is 0.849. The van der Waals surface area contributed by atoms with E-state index < -0.39 is 5.91 Å². The van der Waals surface area contributed by atoms with Crippen LogP contribution in [0.25, 0.3) is 5.65 Å². The molecule has 0 spiro atoms. The lowest BCUT2D eigenvalue weighted by molar-refractivity contribution is 0.0746. The van der Waals surface area contributed by atoms with Crippen LogP contribution in [0.3, 0.4) is 0 Å². The Morgan fingerprint density at radius 1 is 1.45 bits per heavy atom. The molecule has 0 aromatic carbocycles. The third-order valence-electron chi connectivity index (χ3n) is 2.70. The van der Waals surface area contributed by atoms with E-state index in [1.165, 1.54) is 10.6 Å². The molecule has 6 nitrogen and oxygen atoms in total. The summed E-state index contributed by atoms with van der Waals surface area (Å²) in [6.07, 6.45) is 3.00. The van der Waals surface area contributed by atoms with Crippen molar-refractivity contribution in [1.82, 2.24) is 14.7 Å². The highest BCUT2D eigenvalue weighted by molar-refractivity contribution is 5.93. The first kappa shape index (κ1) is 14.2. The Morgan fingerprint density at radius 3 is 3.00 bits per heavy atom. The summed E-state index contributed by atoms with van der Waals surface area (Å²) < 4.78 is 6.66. The van der Waals surface area contributed by atoms with E-state index >= 15 is 0 Å². The van der Waals surface area contributed by atoms with E-state index in [1.807, 2.05) is 13.8 Å². The molecule has 1 N–H and O–H groups in total. The van der Waals surface area contributed by atoms with E-state index in [1.54, 1.807) is 24.4 Å². The number of ether oxygens (including phenoxy) is 1. The van der Waals surface area contributed by atoms with Crippen molar-refractivity contribution in [3.63, 3.8) is 0 Å². The number of carbonyl (C=O) groups excluding carboxylic acids is 1. The lowest BCUT2D eigenvalue weighted by Crippen LogP contribution is -2.33.